The first-order chi connectivity index (χ1) is 18.5. The van der Waals surface area contributed by atoms with Gasteiger partial charge in [-0.3, -0.25) is 4.90 Å². The van der Waals surface area contributed by atoms with Crippen molar-refractivity contribution in [3.8, 4) is 17.2 Å². The van der Waals surface area contributed by atoms with Crippen LogP contribution in [0.5, 0.6) is 17.2 Å². The Balaban J connectivity index is 1.46. The number of methoxy groups -OCH3 is 2. The number of rotatable bonds is 7. The average Bonchev–Trinajstić information content (AvgIpc) is 3.26. The Hall–Kier alpha value is -3.48. The van der Waals surface area contributed by atoms with Crippen molar-refractivity contribution in [2.75, 3.05) is 20.8 Å². The molecule has 198 valence electrons. The molecule has 6 nitrogen and oxygen atoms in total. The van der Waals surface area contributed by atoms with E-state index < -0.39 is 0 Å². The molecule has 4 aromatic rings. The third kappa shape index (κ3) is 4.03. The van der Waals surface area contributed by atoms with Crippen molar-refractivity contribution in [3.63, 3.8) is 0 Å². The number of ether oxygens (including phenoxy) is 3. The number of aliphatic hydroxyl groups is 1. The van der Waals surface area contributed by atoms with Crippen molar-refractivity contribution in [2.45, 2.75) is 52.1 Å². The SMILES string of the molecule is COc1ccc2c(c1)c1c(n2CO)C(C(C)C)N2CCc3cc(OC)c(OCc4ccccc4)cc3C2C1. The Bertz CT molecular complexity index is 1460. The number of hydrogen-bond donors (Lipinski definition) is 1. The van der Waals surface area contributed by atoms with Crippen LogP contribution < -0.4 is 14.2 Å². The molecule has 2 unspecified atom stereocenters. The van der Waals surface area contributed by atoms with E-state index in [1.807, 2.05) is 24.3 Å². The van der Waals surface area contributed by atoms with E-state index in [1.54, 1.807) is 14.2 Å². The first-order valence-corrected chi connectivity index (χ1v) is 13.5. The zero-order valence-corrected chi connectivity index (χ0v) is 22.6. The molecule has 0 bridgehead atoms. The maximum atomic E-state index is 10.5. The summed E-state index contributed by atoms with van der Waals surface area (Å²) in [5.41, 5.74) is 7.36. The van der Waals surface area contributed by atoms with Gasteiger partial charge in [-0.15, -0.1) is 0 Å². The molecule has 0 amide bonds. The first kappa shape index (κ1) is 24.8. The van der Waals surface area contributed by atoms with E-state index in [0.717, 1.165) is 47.7 Å². The van der Waals surface area contributed by atoms with Crippen LogP contribution in [0.4, 0.5) is 0 Å². The van der Waals surface area contributed by atoms with Crippen molar-refractivity contribution in [1.82, 2.24) is 9.47 Å². The average molecular weight is 513 g/mol. The van der Waals surface area contributed by atoms with E-state index in [9.17, 15) is 5.11 Å². The Kier molecular flexibility index (Phi) is 6.54. The normalized spacial score (nSPS) is 18.7. The van der Waals surface area contributed by atoms with Crippen LogP contribution in [0.2, 0.25) is 0 Å². The zero-order chi connectivity index (χ0) is 26.4. The molecular weight excluding hydrogens is 476 g/mol. The molecule has 6 heteroatoms. The molecule has 0 spiro atoms. The fourth-order valence-electron chi connectivity index (χ4n) is 6.60. The van der Waals surface area contributed by atoms with E-state index in [4.69, 9.17) is 14.2 Å². The zero-order valence-electron chi connectivity index (χ0n) is 22.6. The van der Waals surface area contributed by atoms with E-state index in [1.165, 1.54) is 27.8 Å². The predicted octanol–water partition coefficient (Wildman–Crippen LogP) is 6.04. The lowest BCUT2D eigenvalue weighted by Gasteiger charge is -2.48. The second-order valence-corrected chi connectivity index (χ2v) is 10.7. The van der Waals surface area contributed by atoms with Gasteiger partial charge < -0.3 is 23.9 Å². The van der Waals surface area contributed by atoms with Gasteiger partial charge in [0, 0.05) is 23.7 Å². The highest BCUT2D eigenvalue weighted by Crippen LogP contribution is 2.51. The van der Waals surface area contributed by atoms with Crippen molar-refractivity contribution in [2.24, 2.45) is 5.92 Å². The van der Waals surface area contributed by atoms with Crippen LogP contribution in [0, 0.1) is 5.92 Å². The van der Waals surface area contributed by atoms with Gasteiger partial charge in [-0.05, 0) is 71.3 Å². The summed E-state index contributed by atoms with van der Waals surface area (Å²) in [7, 11) is 3.42. The smallest absolute Gasteiger partial charge is 0.162 e. The van der Waals surface area contributed by atoms with Gasteiger partial charge in [0.05, 0.1) is 25.8 Å². The summed E-state index contributed by atoms with van der Waals surface area (Å²) in [6.07, 6.45) is 1.82. The number of hydrogen-bond acceptors (Lipinski definition) is 5. The van der Waals surface area contributed by atoms with Crippen molar-refractivity contribution >= 4 is 10.9 Å². The quantitative estimate of drug-likeness (QED) is 0.327. The van der Waals surface area contributed by atoms with Gasteiger partial charge in [0.25, 0.3) is 0 Å². The predicted molar refractivity (Wildman–Crippen MR) is 149 cm³/mol. The van der Waals surface area contributed by atoms with Gasteiger partial charge in [0.1, 0.15) is 19.1 Å². The van der Waals surface area contributed by atoms with E-state index in [0.29, 0.717) is 12.5 Å². The second-order valence-electron chi connectivity index (χ2n) is 10.7. The molecule has 0 radical (unpaired) electrons. The third-order valence-electron chi connectivity index (χ3n) is 8.29. The fraction of sp³-hybridized carbons (Fsp3) is 0.375. The van der Waals surface area contributed by atoms with Crippen LogP contribution in [0.25, 0.3) is 10.9 Å². The first-order valence-electron chi connectivity index (χ1n) is 13.5. The summed E-state index contributed by atoms with van der Waals surface area (Å²) in [4.78, 5) is 2.64. The van der Waals surface area contributed by atoms with Gasteiger partial charge in [-0.1, -0.05) is 44.2 Å². The minimum atomic E-state index is -0.0366. The van der Waals surface area contributed by atoms with Crippen molar-refractivity contribution in [1.29, 1.82) is 0 Å². The molecule has 2 aliphatic heterocycles. The maximum absolute atomic E-state index is 10.5. The lowest BCUT2D eigenvalue weighted by molar-refractivity contribution is 0.0673. The second kappa shape index (κ2) is 10.0. The molecule has 0 aliphatic carbocycles. The molecule has 1 aromatic heterocycles. The molecule has 3 heterocycles. The molecule has 38 heavy (non-hydrogen) atoms. The van der Waals surface area contributed by atoms with Crippen LogP contribution in [-0.2, 0) is 26.2 Å². The topological polar surface area (TPSA) is 56.1 Å². The number of aliphatic hydroxyl groups excluding tert-OH is 1. The molecule has 0 fully saturated rings. The standard InChI is InChI=1S/C32H36N2O4/c1-20(2)31-32-26(25-15-23(36-3)10-11-27(25)34(32)19-35)16-28-24-17-30(38-18-21-8-6-5-7-9-21)29(37-4)14-22(24)12-13-33(28)31/h5-11,14-15,17,20,28,31,35H,12-13,16,18-19H2,1-4H3. The van der Waals surface area contributed by atoms with Gasteiger partial charge in [-0.25, -0.2) is 0 Å². The highest BCUT2D eigenvalue weighted by Gasteiger charge is 2.43. The third-order valence-corrected chi connectivity index (χ3v) is 8.29. The Morgan fingerprint density at radius 2 is 1.79 bits per heavy atom. The Morgan fingerprint density at radius 3 is 2.50 bits per heavy atom. The van der Waals surface area contributed by atoms with Crippen molar-refractivity contribution in [3.05, 3.63) is 88.6 Å². The van der Waals surface area contributed by atoms with Crippen molar-refractivity contribution < 1.29 is 19.3 Å². The lowest BCUT2D eigenvalue weighted by Crippen LogP contribution is -2.45. The fourth-order valence-corrected chi connectivity index (χ4v) is 6.60. The highest BCUT2D eigenvalue weighted by molar-refractivity contribution is 5.87. The molecule has 0 saturated carbocycles. The van der Waals surface area contributed by atoms with E-state index in [-0.39, 0.29) is 18.8 Å². The minimum Gasteiger partial charge on any atom is -0.497 e. The van der Waals surface area contributed by atoms with E-state index >= 15 is 0 Å². The number of fused-ring (bicyclic) bond motifs is 6. The molecule has 3 aromatic carbocycles. The summed E-state index contributed by atoms with van der Waals surface area (Å²) in [6, 6.07) is 21.2. The molecular formula is C32H36N2O4. The maximum Gasteiger partial charge on any atom is 0.162 e. The minimum absolute atomic E-state index is 0.0366. The Morgan fingerprint density at radius 1 is 0.974 bits per heavy atom. The van der Waals surface area contributed by atoms with Gasteiger partial charge in [0.2, 0.25) is 0 Å². The van der Waals surface area contributed by atoms with Gasteiger partial charge >= 0.3 is 0 Å². The van der Waals surface area contributed by atoms with Gasteiger partial charge in [0.15, 0.2) is 11.5 Å². The molecule has 1 N–H and O–H groups in total. The summed E-state index contributed by atoms with van der Waals surface area (Å²) in [6.45, 7) is 5.99. The summed E-state index contributed by atoms with van der Waals surface area (Å²) < 4.78 is 19.8. The number of benzene rings is 3. The Labute approximate surface area is 224 Å². The largest absolute Gasteiger partial charge is 0.497 e. The van der Waals surface area contributed by atoms with Crippen LogP contribution in [-0.4, -0.2) is 35.3 Å². The van der Waals surface area contributed by atoms with Gasteiger partial charge in [-0.2, -0.15) is 0 Å². The van der Waals surface area contributed by atoms with Crippen LogP contribution >= 0.6 is 0 Å². The summed E-state index contributed by atoms with van der Waals surface area (Å²) in [5.74, 6) is 2.78. The monoisotopic (exact) mass is 512 g/mol. The molecule has 0 saturated heterocycles. The molecule has 2 aliphatic rings. The van der Waals surface area contributed by atoms with E-state index in [2.05, 4.69) is 59.7 Å². The lowest BCUT2D eigenvalue weighted by atomic mass is 9.79. The molecule has 2 atom stereocenters. The highest BCUT2D eigenvalue weighted by atomic mass is 16.5. The van der Waals surface area contributed by atoms with Crippen LogP contribution in [0.3, 0.4) is 0 Å². The molecule has 6 rings (SSSR count). The summed E-state index contributed by atoms with van der Waals surface area (Å²) in [5, 5.41) is 11.7. The summed E-state index contributed by atoms with van der Waals surface area (Å²) >= 11 is 0. The van der Waals surface area contributed by atoms with Crippen LogP contribution in [0.15, 0.2) is 60.7 Å². The van der Waals surface area contributed by atoms with Crippen LogP contribution in [0.1, 0.15) is 53.9 Å². The number of aromatic nitrogens is 1. The number of nitrogens with zero attached hydrogens (tertiary/aromatic N) is 2.